The Morgan fingerprint density at radius 2 is 1.84 bits per heavy atom. The Hall–Kier alpha value is -4.48. The normalized spacial score (nSPS) is 12.2. The quantitative estimate of drug-likeness (QED) is 0.287. The lowest BCUT2D eigenvalue weighted by molar-refractivity contribution is -0.115. The number of anilines is 3. The summed E-state index contributed by atoms with van der Waals surface area (Å²) in [5, 5.41) is 3.66. The smallest absolute Gasteiger partial charge is 0.336 e. The number of hydrogen-bond acceptors (Lipinski definition) is 6. The fourth-order valence-electron chi connectivity index (χ4n) is 4.34. The Bertz CT molecular complexity index is 1700. The Morgan fingerprint density at radius 3 is 2.63 bits per heavy atom. The van der Waals surface area contributed by atoms with Gasteiger partial charge in [0.25, 0.3) is 5.91 Å². The fourth-order valence-corrected chi connectivity index (χ4v) is 5.46. The molecule has 5 rings (SSSR count). The maximum atomic E-state index is 13.3. The van der Waals surface area contributed by atoms with Crippen LogP contribution < -0.4 is 20.7 Å². The third kappa shape index (κ3) is 5.01. The van der Waals surface area contributed by atoms with Gasteiger partial charge in [0, 0.05) is 52.8 Å². The zero-order valence-electron chi connectivity index (χ0n) is 21.2. The molecule has 38 heavy (non-hydrogen) atoms. The number of nitrogens with zero attached hydrogens (tertiary/aromatic N) is 2. The average Bonchev–Trinajstić information content (AvgIpc) is 3.00. The summed E-state index contributed by atoms with van der Waals surface area (Å²) in [6.45, 7) is 2.01. The molecule has 8 heteroatoms. The van der Waals surface area contributed by atoms with E-state index in [2.05, 4.69) is 17.2 Å². The van der Waals surface area contributed by atoms with Crippen LogP contribution in [0, 0.1) is 11.8 Å². The van der Waals surface area contributed by atoms with E-state index < -0.39 is 5.63 Å². The van der Waals surface area contributed by atoms with Crippen LogP contribution in [0.15, 0.2) is 85.7 Å². The van der Waals surface area contributed by atoms with Crippen LogP contribution in [0.1, 0.15) is 22.8 Å². The summed E-state index contributed by atoms with van der Waals surface area (Å²) in [5.74, 6) is 5.47. The van der Waals surface area contributed by atoms with Crippen molar-refractivity contribution in [1.29, 1.82) is 0 Å². The molecule has 4 aromatic rings. The minimum absolute atomic E-state index is 0.00712. The SMILES string of the molecule is CC#CCN1C(=O)c2ccccc2Sc2cc(NC(=O)Cc3cc(=O)oc4cc(N(C)C)ccc34)ccc21. The van der Waals surface area contributed by atoms with E-state index in [0.717, 1.165) is 21.2 Å². The molecule has 3 aromatic carbocycles. The largest absolute Gasteiger partial charge is 0.423 e. The minimum Gasteiger partial charge on any atom is -0.423 e. The Balaban J connectivity index is 1.44. The lowest BCUT2D eigenvalue weighted by Crippen LogP contribution is -2.31. The molecule has 0 saturated heterocycles. The van der Waals surface area contributed by atoms with Crippen LogP contribution in [0.4, 0.5) is 17.1 Å². The summed E-state index contributed by atoms with van der Waals surface area (Å²) >= 11 is 1.48. The molecule has 0 bridgehead atoms. The monoisotopic (exact) mass is 523 g/mol. The number of carbonyl (C=O) groups excluding carboxylic acids is 2. The third-order valence-electron chi connectivity index (χ3n) is 6.21. The second kappa shape index (κ2) is 10.5. The van der Waals surface area contributed by atoms with Gasteiger partial charge in [-0.2, -0.15) is 0 Å². The van der Waals surface area contributed by atoms with E-state index in [-0.39, 0.29) is 24.8 Å². The number of fused-ring (bicyclic) bond motifs is 3. The van der Waals surface area contributed by atoms with Crippen molar-refractivity contribution in [2.75, 3.05) is 35.8 Å². The maximum absolute atomic E-state index is 13.3. The van der Waals surface area contributed by atoms with Gasteiger partial charge in [-0.3, -0.25) is 14.5 Å². The number of hydrogen-bond donors (Lipinski definition) is 1. The first-order valence-electron chi connectivity index (χ1n) is 12.0. The summed E-state index contributed by atoms with van der Waals surface area (Å²) in [5.41, 5.74) is 3.36. The molecule has 1 N–H and O–H groups in total. The van der Waals surface area contributed by atoms with Gasteiger partial charge in [0.1, 0.15) is 5.58 Å². The van der Waals surface area contributed by atoms with Crippen LogP contribution in [-0.4, -0.2) is 32.5 Å². The van der Waals surface area contributed by atoms with Crippen LogP contribution in [0.3, 0.4) is 0 Å². The molecule has 2 heterocycles. The van der Waals surface area contributed by atoms with Crippen molar-refractivity contribution in [1.82, 2.24) is 0 Å². The predicted octanol–water partition coefficient (Wildman–Crippen LogP) is 5.17. The van der Waals surface area contributed by atoms with E-state index in [9.17, 15) is 14.4 Å². The van der Waals surface area contributed by atoms with Crippen LogP contribution in [0.5, 0.6) is 0 Å². The number of rotatable bonds is 5. The van der Waals surface area contributed by atoms with Gasteiger partial charge >= 0.3 is 5.63 Å². The highest BCUT2D eigenvalue weighted by Crippen LogP contribution is 2.42. The Morgan fingerprint density at radius 1 is 1.03 bits per heavy atom. The molecule has 1 aliphatic rings. The molecule has 1 aromatic heterocycles. The van der Waals surface area contributed by atoms with Crippen molar-refractivity contribution in [3.8, 4) is 11.8 Å². The fraction of sp³-hybridized carbons (Fsp3) is 0.167. The van der Waals surface area contributed by atoms with E-state index in [1.165, 1.54) is 17.8 Å². The summed E-state index contributed by atoms with van der Waals surface area (Å²) in [6.07, 6.45) is 0.00712. The van der Waals surface area contributed by atoms with E-state index in [4.69, 9.17) is 4.42 Å². The standard InChI is InChI=1S/C30H25N3O4S/c1-4-5-14-33-24-13-10-20(17-27(24)38-26-9-7-6-8-23(26)30(33)36)31-28(34)15-19-16-29(35)37-25-18-21(32(2)3)11-12-22(19)25/h6-13,16-18H,14-15H2,1-3H3,(H,31,34). The van der Waals surface area contributed by atoms with Gasteiger partial charge in [-0.05, 0) is 55.0 Å². The number of amides is 2. The zero-order chi connectivity index (χ0) is 26.8. The van der Waals surface area contributed by atoms with Crippen molar-refractivity contribution in [3.63, 3.8) is 0 Å². The molecule has 0 unspecified atom stereocenters. The Kier molecular flexibility index (Phi) is 6.95. The molecule has 1 aliphatic heterocycles. The molecule has 0 atom stereocenters. The van der Waals surface area contributed by atoms with Gasteiger partial charge in [0.15, 0.2) is 0 Å². The summed E-state index contributed by atoms with van der Waals surface area (Å²) < 4.78 is 5.38. The van der Waals surface area contributed by atoms with Crippen molar-refractivity contribution in [2.24, 2.45) is 0 Å². The van der Waals surface area contributed by atoms with Crippen LogP contribution in [0.25, 0.3) is 11.0 Å². The van der Waals surface area contributed by atoms with Crippen LogP contribution in [0.2, 0.25) is 0 Å². The lowest BCUT2D eigenvalue weighted by atomic mass is 10.1. The molecule has 0 spiro atoms. The van der Waals surface area contributed by atoms with Gasteiger partial charge in [-0.25, -0.2) is 4.79 Å². The highest BCUT2D eigenvalue weighted by Gasteiger charge is 2.27. The average molecular weight is 524 g/mol. The molecule has 0 radical (unpaired) electrons. The summed E-state index contributed by atoms with van der Waals surface area (Å²) in [7, 11) is 3.81. The summed E-state index contributed by atoms with van der Waals surface area (Å²) in [4.78, 5) is 43.8. The van der Waals surface area contributed by atoms with Crippen molar-refractivity contribution < 1.29 is 14.0 Å². The maximum Gasteiger partial charge on any atom is 0.336 e. The molecule has 0 fully saturated rings. The van der Waals surface area contributed by atoms with Gasteiger partial charge in [0.2, 0.25) is 5.91 Å². The molecule has 0 aliphatic carbocycles. The third-order valence-corrected chi connectivity index (χ3v) is 7.33. The number of benzene rings is 3. The van der Waals surface area contributed by atoms with Crippen LogP contribution >= 0.6 is 11.8 Å². The lowest BCUT2D eigenvalue weighted by Gasteiger charge is -2.21. The topological polar surface area (TPSA) is 82.9 Å². The van der Waals surface area contributed by atoms with Gasteiger partial charge < -0.3 is 14.6 Å². The molecular weight excluding hydrogens is 498 g/mol. The van der Waals surface area contributed by atoms with Gasteiger partial charge in [0.05, 0.1) is 24.2 Å². The van der Waals surface area contributed by atoms with Gasteiger partial charge in [-0.1, -0.05) is 29.8 Å². The van der Waals surface area contributed by atoms with Crippen molar-refractivity contribution in [3.05, 3.63) is 88.3 Å². The van der Waals surface area contributed by atoms with Gasteiger partial charge in [-0.15, -0.1) is 5.92 Å². The molecule has 0 saturated carbocycles. The van der Waals surface area contributed by atoms with E-state index in [1.54, 1.807) is 24.0 Å². The molecule has 190 valence electrons. The summed E-state index contributed by atoms with van der Waals surface area (Å²) in [6, 6.07) is 19.9. The highest BCUT2D eigenvalue weighted by molar-refractivity contribution is 7.99. The number of carbonyl (C=O) groups is 2. The van der Waals surface area contributed by atoms with Crippen molar-refractivity contribution >= 4 is 51.6 Å². The van der Waals surface area contributed by atoms with Crippen molar-refractivity contribution in [2.45, 2.75) is 23.1 Å². The van der Waals surface area contributed by atoms with E-state index in [0.29, 0.717) is 27.8 Å². The van der Waals surface area contributed by atoms with E-state index in [1.807, 2.05) is 67.5 Å². The molecular formula is C30H25N3O4S. The highest BCUT2D eigenvalue weighted by atomic mass is 32.2. The predicted molar refractivity (Wildman–Crippen MR) is 151 cm³/mol. The first kappa shape index (κ1) is 25.2. The zero-order valence-corrected chi connectivity index (χ0v) is 22.0. The minimum atomic E-state index is -0.503. The molecule has 7 nitrogen and oxygen atoms in total. The second-order valence-electron chi connectivity index (χ2n) is 8.99. The Labute approximate surface area is 224 Å². The van der Waals surface area contributed by atoms with Crippen LogP contribution in [-0.2, 0) is 11.2 Å². The van der Waals surface area contributed by atoms with E-state index >= 15 is 0 Å². The second-order valence-corrected chi connectivity index (χ2v) is 10.1. The number of nitrogens with one attached hydrogen (secondary N) is 1. The molecule has 2 amide bonds. The first-order valence-corrected chi connectivity index (χ1v) is 12.8. The first-order chi connectivity index (χ1) is 18.3.